The summed E-state index contributed by atoms with van der Waals surface area (Å²) in [6, 6.07) is -1.75. The van der Waals surface area contributed by atoms with Crippen molar-refractivity contribution in [2.75, 3.05) is 13.1 Å². The van der Waals surface area contributed by atoms with Gasteiger partial charge >= 0.3 is 5.97 Å². The van der Waals surface area contributed by atoms with E-state index in [9.17, 15) is 19.2 Å². The monoisotopic (exact) mass is 302 g/mol. The van der Waals surface area contributed by atoms with E-state index in [1.54, 1.807) is 13.8 Å². The molecule has 6 N–H and O–H groups in total. The summed E-state index contributed by atoms with van der Waals surface area (Å²) in [5, 5.41) is 15.4. The lowest BCUT2D eigenvalue weighted by Gasteiger charge is -2.15. The second-order valence-electron chi connectivity index (χ2n) is 4.89. The van der Waals surface area contributed by atoms with Crippen LogP contribution in [-0.2, 0) is 19.2 Å². The van der Waals surface area contributed by atoms with Crippen molar-refractivity contribution in [1.82, 2.24) is 16.0 Å². The van der Waals surface area contributed by atoms with Crippen LogP contribution < -0.4 is 21.7 Å². The molecule has 120 valence electrons. The topological polar surface area (TPSA) is 151 Å². The average molecular weight is 302 g/mol. The predicted octanol–water partition coefficient (Wildman–Crippen LogP) is -2.21. The smallest absolute Gasteiger partial charge is 0.325 e. The molecule has 0 heterocycles. The van der Waals surface area contributed by atoms with Crippen LogP contribution in [0.1, 0.15) is 20.8 Å². The Morgan fingerprint density at radius 2 is 1.52 bits per heavy atom. The van der Waals surface area contributed by atoms with E-state index in [-0.39, 0.29) is 19.0 Å². The summed E-state index contributed by atoms with van der Waals surface area (Å²) in [5.74, 6) is -2.90. The molecule has 21 heavy (non-hydrogen) atoms. The van der Waals surface area contributed by atoms with Crippen LogP contribution in [0.3, 0.4) is 0 Å². The fraction of sp³-hybridized carbons (Fsp3) is 0.667. The third-order valence-electron chi connectivity index (χ3n) is 2.64. The molecule has 2 unspecified atom stereocenters. The number of aliphatic carboxylic acids is 1. The Hall–Kier alpha value is -2.16. The Bertz CT molecular complexity index is 410. The lowest BCUT2D eigenvalue weighted by atomic mass is 10.1. The number of nitrogens with one attached hydrogen (secondary N) is 3. The van der Waals surface area contributed by atoms with Crippen LogP contribution in [0.4, 0.5) is 0 Å². The van der Waals surface area contributed by atoms with Crippen LogP contribution in [0.2, 0.25) is 0 Å². The van der Waals surface area contributed by atoms with Crippen LogP contribution in [0.15, 0.2) is 0 Å². The van der Waals surface area contributed by atoms with E-state index >= 15 is 0 Å². The zero-order valence-electron chi connectivity index (χ0n) is 12.3. The third-order valence-corrected chi connectivity index (χ3v) is 2.64. The minimum Gasteiger partial charge on any atom is -0.480 e. The van der Waals surface area contributed by atoms with E-state index in [0.29, 0.717) is 0 Å². The van der Waals surface area contributed by atoms with Gasteiger partial charge in [0.2, 0.25) is 17.7 Å². The molecule has 9 heteroatoms. The minimum absolute atomic E-state index is 0.0589. The zero-order valence-corrected chi connectivity index (χ0v) is 12.3. The Morgan fingerprint density at radius 3 is 2.00 bits per heavy atom. The first-order chi connectivity index (χ1) is 9.65. The van der Waals surface area contributed by atoms with Gasteiger partial charge in [0.1, 0.15) is 6.04 Å². The number of carboxylic acid groups (broad SMARTS) is 1. The van der Waals surface area contributed by atoms with Gasteiger partial charge in [-0.1, -0.05) is 13.8 Å². The van der Waals surface area contributed by atoms with Gasteiger partial charge in [-0.2, -0.15) is 0 Å². The lowest BCUT2D eigenvalue weighted by Crippen LogP contribution is -2.49. The number of carbonyl (C=O) groups is 4. The molecule has 0 spiro atoms. The molecule has 0 rings (SSSR count). The van der Waals surface area contributed by atoms with Crippen molar-refractivity contribution in [2.45, 2.75) is 32.9 Å². The maximum atomic E-state index is 11.5. The quantitative estimate of drug-likeness (QED) is 0.343. The van der Waals surface area contributed by atoms with Crippen molar-refractivity contribution in [3.8, 4) is 0 Å². The number of amides is 3. The summed E-state index contributed by atoms with van der Waals surface area (Å²) >= 11 is 0. The van der Waals surface area contributed by atoms with E-state index in [1.807, 2.05) is 0 Å². The molecule has 0 bridgehead atoms. The molecular formula is C12H22N4O5. The van der Waals surface area contributed by atoms with Gasteiger partial charge in [-0.25, -0.2) is 0 Å². The van der Waals surface area contributed by atoms with Crippen molar-refractivity contribution >= 4 is 23.7 Å². The molecule has 3 amide bonds. The first-order valence-electron chi connectivity index (χ1n) is 6.47. The Labute approximate surface area is 122 Å². The van der Waals surface area contributed by atoms with Crippen molar-refractivity contribution in [3.63, 3.8) is 0 Å². The van der Waals surface area contributed by atoms with Gasteiger partial charge in [0.05, 0.1) is 19.1 Å². The Morgan fingerprint density at radius 1 is 1.00 bits per heavy atom. The van der Waals surface area contributed by atoms with E-state index in [0.717, 1.165) is 0 Å². The van der Waals surface area contributed by atoms with Gasteiger partial charge in [-0.3, -0.25) is 19.2 Å². The molecule has 0 saturated carbocycles. The first-order valence-corrected chi connectivity index (χ1v) is 6.47. The van der Waals surface area contributed by atoms with Crippen molar-refractivity contribution in [3.05, 3.63) is 0 Å². The normalized spacial score (nSPS) is 13.2. The molecule has 0 aliphatic heterocycles. The fourth-order valence-electron chi connectivity index (χ4n) is 1.18. The van der Waals surface area contributed by atoms with Crippen LogP contribution in [0, 0.1) is 5.92 Å². The van der Waals surface area contributed by atoms with Gasteiger partial charge in [0.25, 0.3) is 0 Å². The van der Waals surface area contributed by atoms with Gasteiger partial charge in [0.15, 0.2) is 0 Å². The molecular weight excluding hydrogens is 280 g/mol. The fourth-order valence-corrected chi connectivity index (χ4v) is 1.18. The first kappa shape index (κ1) is 18.8. The summed E-state index contributed by atoms with van der Waals surface area (Å²) < 4.78 is 0. The summed E-state index contributed by atoms with van der Waals surface area (Å²) in [6.45, 7) is 4.18. The Balaban J connectivity index is 3.98. The standard InChI is InChI=1S/C12H22N4O5/c1-6(2)10(13)11(19)15-4-8(17)14-5-9(18)16-7(3)12(20)21/h6-7,10H,4-5,13H2,1-3H3,(H,14,17)(H,15,19)(H,16,18)(H,20,21). The maximum absolute atomic E-state index is 11.5. The Kier molecular flexibility index (Phi) is 7.99. The molecule has 9 nitrogen and oxygen atoms in total. The number of carbonyl (C=O) groups excluding carboxylic acids is 3. The second-order valence-corrected chi connectivity index (χ2v) is 4.89. The van der Waals surface area contributed by atoms with Gasteiger partial charge in [0, 0.05) is 0 Å². The summed E-state index contributed by atoms with van der Waals surface area (Å²) in [4.78, 5) is 44.7. The highest BCUT2D eigenvalue weighted by Crippen LogP contribution is 1.97. The highest BCUT2D eigenvalue weighted by atomic mass is 16.4. The van der Waals surface area contributed by atoms with Gasteiger partial charge in [-0.15, -0.1) is 0 Å². The molecule has 0 saturated heterocycles. The van der Waals surface area contributed by atoms with Crippen molar-refractivity contribution in [1.29, 1.82) is 0 Å². The van der Waals surface area contributed by atoms with Crippen LogP contribution in [0.5, 0.6) is 0 Å². The van der Waals surface area contributed by atoms with Crippen LogP contribution in [-0.4, -0.2) is 54.0 Å². The number of rotatable bonds is 8. The number of hydrogen-bond donors (Lipinski definition) is 5. The molecule has 0 aromatic heterocycles. The highest BCUT2D eigenvalue weighted by Gasteiger charge is 2.18. The third kappa shape index (κ3) is 7.88. The predicted molar refractivity (Wildman–Crippen MR) is 74.1 cm³/mol. The molecule has 0 aromatic rings. The van der Waals surface area contributed by atoms with E-state index in [2.05, 4.69) is 16.0 Å². The maximum Gasteiger partial charge on any atom is 0.325 e. The highest BCUT2D eigenvalue weighted by molar-refractivity contribution is 5.90. The average Bonchev–Trinajstić information content (AvgIpc) is 2.41. The van der Waals surface area contributed by atoms with Crippen LogP contribution >= 0.6 is 0 Å². The van der Waals surface area contributed by atoms with Crippen LogP contribution in [0.25, 0.3) is 0 Å². The van der Waals surface area contributed by atoms with Crippen molar-refractivity contribution < 1.29 is 24.3 Å². The van der Waals surface area contributed by atoms with E-state index in [1.165, 1.54) is 6.92 Å². The SMILES string of the molecule is CC(NC(=O)CNC(=O)CNC(=O)C(N)C(C)C)C(=O)O. The molecule has 0 fully saturated rings. The molecule has 0 aliphatic carbocycles. The molecule has 2 atom stereocenters. The number of hydrogen-bond acceptors (Lipinski definition) is 5. The largest absolute Gasteiger partial charge is 0.480 e. The number of nitrogens with two attached hydrogens (primary N) is 1. The van der Waals surface area contributed by atoms with Crippen molar-refractivity contribution in [2.24, 2.45) is 11.7 Å². The summed E-state index contributed by atoms with van der Waals surface area (Å²) in [7, 11) is 0. The molecule has 0 aliphatic rings. The summed E-state index contributed by atoms with van der Waals surface area (Å²) in [5.41, 5.74) is 5.59. The minimum atomic E-state index is -1.18. The van der Waals surface area contributed by atoms with Gasteiger partial charge in [-0.05, 0) is 12.8 Å². The van der Waals surface area contributed by atoms with E-state index in [4.69, 9.17) is 10.8 Å². The summed E-state index contributed by atoms with van der Waals surface area (Å²) in [6.07, 6.45) is 0. The second kappa shape index (κ2) is 8.90. The molecule has 0 radical (unpaired) electrons. The lowest BCUT2D eigenvalue weighted by molar-refractivity contribution is -0.141. The van der Waals surface area contributed by atoms with Gasteiger partial charge < -0.3 is 26.8 Å². The molecule has 0 aromatic carbocycles. The number of carboxylic acids is 1. The zero-order chi connectivity index (χ0) is 16.6. The van der Waals surface area contributed by atoms with E-state index < -0.39 is 35.8 Å².